The number of amides is 1. The van der Waals surface area contributed by atoms with E-state index in [2.05, 4.69) is 30.5 Å². The standard InChI is InChI=1S/C22H18ClFN8O/c23-15-2-4-17(31-11-27-29-30-31)20(21(15)24)13-7-14-1-3-18(32(14)19(33)8-13)22-26-10-16(28-22)12-5-6-25-9-12/h2,4-7,9-11,13,18,25H,1,3,8H2,(H,26,28)/t13?,18-/m0/s1. The number of hydrogen-bond acceptors (Lipinski definition) is 5. The maximum absolute atomic E-state index is 15.2. The van der Waals surface area contributed by atoms with E-state index in [1.165, 1.54) is 17.1 Å². The maximum Gasteiger partial charge on any atom is 0.228 e. The second kappa shape index (κ2) is 7.66. The van der Waals surface area contributed by atoms with Crippen molar-refractivity contribution in [3.63, 3.8) is 0 Å². The largest absolute Gasteiger partial charge is 0.367 e. The molecule has 1 unspecified atom stereocenters. The van der Waals surface area contributed by atoms with Crippen LogP contribution in [0.3, 0.4) is 0 Å². The van der Waals surface area contributed by atoms with Crippen molar-refractivity contribution in [3.8, 4) is 16.9 Å². The number of carbonyl (C=O) groups is 1. The molecule has 0 radical (unpaired) electrons. The molecule has 2 atom stereocenters. The van der Waals surface area contributed by atoms with E-state index in [9.17, 15) is 4.79 Å². The van der Waals surface area contributed by atoms with Gasteiger partial charge in [0.1, 0.15) is 18.0 Å². The van der Waals surface area contributed by atoms with Crippen LogP contribution in [0.15, 0.2) is 54.9 Å². The first-order chi connectivity index (χ1) is 16.1. The third-order valence-corrected chi connectivity index (χ3v) is 6.54. The van der Waals surface area contributed by atoms with Gasteiger partial charge < -0.3 is 14.9 Å². The van der Waals surface area contributed by atoms with Gasteiger partial charge in [-0.25, -0.2) is 14.1 Å². The van der Waals surface area contributed by atoms with Crippen LogP contribution in [0.2, 0.25) is 5.02 Å². The molecule has 0 bridgehead atoms. The summed E-state index contributed by atoms with van der Waals surface area (Å²) in [5.74, 6) is -0.386. The van der Waals surface area contributed by atoms with Crippen molar-refractivity contribution >= 4 is 17.5 Å². The van der Waals surface area contributed by atoms with Gasteiger partial charge in [0.05, 0.1) is 28.6 Å². The molecule has 5 heterocycles. The highest BCUT2D eigenvalue weighted by Gasteiger charge is 2.40. The molecule has 0 spiro atoms. The van der Waals surface area contributed by atoms with Gasteiger partial charge in [-0.05, 0) is 41.5 Å². The number of imidazole rings is 1. The topological polar surface area (TPSA) is 108 Å². The zero-order valence-corrected chi connectivity index (χ0v) is 18.0. The van der Waals surface area contributed by atoms with Gasteiger partial charge >= 0.3 is 0 Å². The summed E-state index contributed by atoms with van der Waals surface area (Å²) in [6, 6.07) is 4.90. The number of aromatic amines is 2. The molecule has 2 aliphatic heterocycles. The Morgan fingerprint density at radius 1 is 1.24 bits per heavy atom. The fourth-order valence-electron chi connectivity index (χ4n) is 4.78. The van der Waals surface area contributed by atoms with Gasteiger partial charge in [0, 0.05) is 41.6 Å². The number of hydrogen-bond donors (Lipinski definition) is 2. The van der Waals surface area contributed by atoms with E-state index in [0.29, 0.717) is 17.7 Å². The number of rotatable bonds is 4. The predicted molar refractivity (Wildman–Crippen MR) is 117 cm³/mol. The van der Waals surface area contributed by atoms with Crippen LogP contribution >= 0.6 is 11.6 Å². The molecule has 2 aliphatic rings. The van der Waals surface area contributed by atoms with Gasteiger partial charge in [-0.1, -0.05) is 17.7 Å². The first-order valence-electron chi connectivity index (χ1n) is 10.5. The lowest BCUT2D eigenvalue weighted by atomic mass is 9.89. The molecule has 1 saturated heterocycles. The Kier molecular flexibility index (Phi) is 4.61. The number of allylic oxidation sites excluding steroid dienone is 2. The number of fused-ring (bicyclic) bond motifs is 1. The lowest BCUT2D eigenvalue weighted by Crippen LogP contribution is -2.34. The van der Waals surface area contributed by atoms with Gasteiger partial charge in [0.15, 0.2) is 0 Å². The summed E-state index contributed by atoms with van der Waals surface area (Å²) in [5.41, 5.74) is 3.52. The molecule has 9 nitrogen and oxygen atoms in total. The third kappa shape index (κ3) is 3.25. The zero-order chi connectivity index (χ0) is 22.5. The van der Waals surface area contributed by atoms with E-state index in [4.69, 9.17) is 11.6 Å². The first kappa shape index (κ1) is 19.9. The summed E-state index contributed by atoms with van der Waals surface area (Å²) >= 11 is 6.10. The lowest BCUT2D eigenvalue weighted by Gasteiger charge is -2.31. The molecule has 166 valence electrons. The molecule has 11 heteroatoms. The SMILES string of the molecule is O=C1CC(c2c(-n3cnnn3)ccc(Cl)c2F)C=C2CC[C@@H](c3ncc(-c4cc[nH]c4)[nH]3)N12. The minimum Gasteiger partial charge on any atom is -0.367 e. The smallest absolute Gasteiger partial charge is 0.228 e. The minimum atomic E-state index is -0.565. The monoisotopic (exact) mass is 464 g/mol. The quantitative estimate of drug-likeness (QED) is 0.476. The van der Waals surface area contributed by atoms with Crippen LogP contribution in [-0.2, 0) is 4.79 Å². The van der Waals surface area contributed by atoms with E-state index in [1.807, 2.05) is 24.5 Å². The Hall–Kier alpha value is -3.79. The molecule has 0 aliphatic carbocycles. The Morgan fingerprint density at radius 3 is 2.94 bits per heavy atom. The van der Waals surface area contributed by atoms with E-state index in [1.54, 1.807) is 17.2 Å². The molecule has 0 saturated carbocycles. The Bertz CT molecular complexity index is 1360. The van der Waals surface area contributed by atoms with Crippen LogP contribution < -0.4 is 0 Å². The number of tetrazole rings is 1. The number of carbonyl (C=O) groups excluding carboxylic acids is 1. The lowest BCUT2D eigenvalue weighted by molar-refractivity contribution is -0.131. The first-order valence-corrected chi connectivity index (χ1v) is 10.9. The Labute approximate surface area is 192 Å². The van der Waals surface area contributed by atoms with Gasteiger partial charge in [0.25, 0.3) is 0 Å². The average Bonchev–Trinajstić information content (AvgIpc) is 3.61. The van der Waals surface area contributed by atoms with Crippen LogP contribution in [0.1, 0.15) is 42.6 Å². The second-order valence-corrected chi connectivity index (χ2v) is 8.52. The van der Waals surface area contributed by atoms with E-state index >= 15 is 4.39 Å². The number of nitrogens with one attached hydrogen (secondary N) is 2. The molecular weight excluding hydrogens is 447 g/mol. The van der Waals surface area contributed by atoms with Crippen molar-refractivity contribution < 1.29 is 9.18 Å². The van der Waals surface area contributed by atoms with Crippen molar-refractivity contribution in [3.05, 3.63) is 77.1 Å². The zero-order valence-electron chi connectivity index (χ0n) is 17.2. The van der Waals surface area contributed by atoms with Crippen molar-refractivity contribution in [1.29, 1.82) is 0 Å². The van der Waals surface area contributed by atoms with Crippen molar-refractivity contribution in [1.82, 2.24) is 40.1 Å². The highest BCUT2D eigenvalue weighted by molar-refractivity contribution is 6.30. The summed E-state index contributed by atoms with van der Waals surface area (Å²) in [6.07, 6.45) is 10.4. The van der Waals surface area contributed by atoms with Crippen molar-refractivity contribution in [2.75, 3.05) is 0 Å². The second-order valence-electron chi connectivity index (χ2n) is 8.12. The molecule has 1 aromatic carbocycles. The molecule has 1 amide bonds. The predicted octanol–water partition coefficient (Wildman–Crippen LogP) is 3.91. The summed E-state index contributed by atoms with van der Waals surface area (Å²) in [4.78, 5) is 26.0. The molecule has 6 rings (SSSR count). The fraction of sp³-hybridized carbons (Fsp3) is 0.227. The van der Waals surface area contributed by atoms with Crippen LogP contribution in [0.5, 0.6) is 0 Å². The van der Waals surface area contributed by atoms with E-state index in [-0.39, 0.29) is 23.4 Å². The molecular formula is C22H18ClFN8O. The molecule has 33 heavy (non-hydrogen) atoms. The highest BCUT2D eigenvalue weighted by Crippen LogP contribution is 2.45. The average molecular weight is 465 g/mol. The van der Waals surface area contributed by atoms with Gasteiger partial charge in [0.2, 0.25) is 5.91 Å². The Balaban J connectivity index is 1.35. The summed E-state index contributed by atoms with van der Waals surface area (Å²) in [6.45, 7) is 0. The van der Waals surface area contributed by atoms with Gasteiger partial charge in [-0.2, -0.15) is 0 Å². The Morgan fingerprint density at radius 2 is 2.15 bits per heavy atom. The normalized spacial score (nSPS) is 20.2. The maximum atomic E-state index is 15.2. The van der Waals surface area contributed by atoms with Crippen LogP contribution in [0, 0.1) is 5.82 Å². The van der Waals surface area contributed by atoms with Gasteiger partial charge in [-0.15, -0.1) is 5.10 Å². The number of benzene rings is 1. The van der Waals surface area contributed by atoms with E-state index < -0.39 is 11.7 Å². The molecule has 3 aromatic heterocycles. The van der Waals surface area contributed by atoms with E-state index in [0.717, 1.165) is 29.2 Å². The summed E-state index contributed by atoms with van der Waals surface area (Å²) < 4.78 is 16.6. The van der Waals surface area contributed by atoms with Crippen molar-refractivity contribution in [2.45, 2.75) is 31.2 Å². The number of nitrogens with zero attached hydrogens (tertiary/aromatic N) is 6. The van der Waals surface area contributed by atoms with Crippen LogP contribution in [0.25, 0.3) is 16.9 Å². The van der Waals surface area contributed by atoms with Crippen LogP contribution in [0.4, 0.5) is 4.39 Å². The van der Waals surface area contributed by atoms with Crippen LogP contribution in [-0.4, -0.2) is 46.0 Å². The van der Waals surface area contributed by atoms with Crippen molar-refractivity contribution in [2.24, 2.45) is 0 Å². The summed E-state index contributed by atoms with van der Waals surface area (Å²) in [5, 5.41) is 11.2. The molecule has 2 N–H and O–H groups in total. The summed E-state index contributed by atoms with van der Waals surface area (Å²) in [7, 11) is 0. The molecule has 1 fully saturated rings. The number of H-pyrrole nitrogens is 2. The highest BCUT2D eigenvalue weighted by atomic mass is 35.5. The third-order valence-electron chi connectivity index (χ3n) is 6.25. The molecule has 4 aromatic rings. The number of aromatic nitrogens is 7. The minimum absolute atomic E-state index is 0.00715. The fourth-order valence-corrected chi connectivity index (χ4v) is 4.94. The van der Waals surface area contributed by atoms with Gasteiger partial charge in [-0.3, -0.25) is 4.79 Å². The number of halogens is 2.